The van der Waals surface area contributed by atoms with Crippen LogP contribution < -0.4 is 4.31 Å². The molecule has 1 heterocycles. The third kappa shape index (κ3) is 4.60. The second-order valence-electron chi connectivity index (χ2n) is 4.70. The van der Waals surface area contributed by atoms with Crippen molar-refractivity contribution >= 4 is 38.9 Å². The van der Waals surface area contributed by atoms with Crippen LogP contribution in [0.2, 0.25) is 5.02 Å². The Balaban J connectivity index is 2.34. The van der Waals surface area contributed by atoms with Crippen molar-refractivity contribution in [1.29, 1.82) is 0 Å². The number of hydrogen-bond donors (Lipinski definition) is 0. The van der Waals surface area contributed by atoms with Gasteiger partial charge in [0.1, 0.15) is 0 Å². The van der Waals surface area contributed by atoms with Gasteiger partial charge < -0.3 is 0 Å². The van der Waals surface area contributed by atoms with Gasteiger partial charge in [0.05, 0.1) is 18.0 Å². The number of nitrogens with zero attached hydrogens (tertiary/aromatic N) is 2. The Kier molecular flexibility index (Phi) is 6.06. The molecular weight excluding hydrogens is 343 g/mol. The molecule has 0 atom stereocenters. The highest BCUT2D eigenvalue weighted by Crippen LogP contribution is 2.23. The zero-order chi connectivity index (χ0) is 16.0. The highest BCUT2D eigenvalue weighted by atomic mass is 35.5. The smallest absolute Gasteiger partial charge is 0.235 e. The average Bonchev–Trinajstić information content (AvgIpc) is 2.53. The fraction of sp³-hybridized carbons (Fsp3) is 0.267. The van der Waals surface area contributed by atoms with Crippen molar-refractivity contribution in [1.82, 2.24) is 4.98 Å². The topological polar surface area (TPSA) is 50.3 Å². The van der Waals surface area contributed by atoms with E-state index in [1.165, 1.54) is 4.31 Å². The molecule has 1 aromatic heterocycles. The third-order valence-corrected chi connectivity index (χ3v) is 5.37. The van der Waals surface area contributed by atoms with Gasteiger partial charge in [-0.3, -0.25) is 9.29 Å². The normalized spacial score (nSPS) is 11.4. The second kappa shape index (κ2) is 7.81. The summed E-state index contributed by atoms with van der Waals surface area (Å²) in [7, 11) is -3.47. The number of anilines is 1. The lowest BCUT2D eigenvalue weighted by molar-refractivity contribution is 0.589. The Labute approximate surface area is 140 Å². The van der Waals surface area contributed by atoms with Crippen LogP contribution >= 0.6 is 23.2 Å². The second-order valence-corrected chi connectivity index (χ2v) is 7.53. The molecule has 0 fully saturated rings. The van der Waals surface area contributed by atoms with E-state index in [4.69, 9.17) is 23.2 Å². The summed E-state index contributed by atoms with van der Waals surface area (Å²) in [5.74, 6) is 0.306. The summed E-state index contributed by atoms with van der Waals surface area (Å²) in [6.07, 6.45) is 3.71. The maximum absolute atomic E-state index is 12.6. The van der Waals surface area contributed by atoms with E-state index in [2.05, 4.69) is 4.98 Å². The first kappa shape index (κ1) is 17.1. The SMILES string of the molecule is O=S(=O)(CCCCl)N(Cc1cccnc1)c1ccc(Cl)cc1. The van der Waals surface area contributed by atoms with Crippen LogP contribution in [0.3, 0.4) is 0 Å². The van der Waals surface area contributed by atoms with Crippen LogP contribution in [0, 0.1) is 0 Å². The standard InChI is InChI=1S/C15H16Cl2N2O2S/c16-8-2-10-22(20,21)19(12-13-3-1-9-18-11-13)15-6-4-14(17)5-7-15/h1,3-7,9,11H,2,8,10,12H2. The monoisotopic (exact) mass is 358 g/mol. The summed E-state index contributed by atoms with van der Waals surface area (Å²) in [6, 6.07) is 10.3. The number of hydrogen-bond acceptors (Lipinski definition) is 3. The maximum atomic E-state index is 12.6. The first-order valence-corrected chi connectivity index (χ1v) is 9.26. The first-order valence-electron chi connectivity index (χ1n) is 6.74. The Morgan fingerprint density at radius 2 is 1.86 bits per heavy atom. The molecule has 0 radical (unpaired) electrons. The Morgan fingerprint density at radius 3 is 2.45 bits per heavy atom. The fourth-order valence-electron chi connectivity index (χ4n) is 1.96. The van der Waals surface area contributed by atoms with Gasteiger partial charge in [-0.2, -0.15) is 0 Å². The van der Waals surface area contributed by atoms with E-state index in [1.54, 1.807) is 42.7 Å². The predicted octanol–water partition coefficient (Wildman–Crippen LogP) is 3.70. The number of alkyl halides is 1. The minimum atomic E-state index is -3.47. The van der Waals surface area contributed by atoms with Gasteiger partial charge in [0.15, 0.2) is 0 Å². The number of aromatic nitrogens is 1. The van der Waals surface area contributed by atoms with Crippen LogP contribution in [0.4, 0.5) is 5.69 Å². The van der Waals surface area contributed by atoms with Crippen LogP contribution in [0.5, 0.6) is 0 Å². The molecule has 0 aliphatic rings. The molecule has 22 heavy (non-hydrogen) atoms. The van der Waals surface area contributed by atoms with Crippen LogP contribution in [-0.4, -0.2) is 25.0 Å². The van der Waals surface area contributed by atoms with Crippen molar-refractivity contribution in [3.8, 4) is 0 Å². The van der Waals surface area contributed by atoms with Crippen molar-refractivity contribution < 1.29 is 8.42 Å². The summed E-state index contributed by atoms with van der Waals surface area (Å²) in [4.78, 5) is 4.03. The Bertz CT molecular complexity index is 691. The number of rotatable bonds is 7. The van der Waals surface area contributed by atoms with Crippen LogP contribution in [0.25, 0.3) is 0 Å². The molecule has 2 rings (SSSR count). The Hall–Kier alpha value is -1.30. The van der Waals surface area contributed by atoms with E-state index in [9.17, 15) is 8.42 Å². The van der Waals surface area contributed by atoms with Gasteiger partial charge in [-0.05, 0) is 42.3 Å². The van der Waals surface area contributed by atoms with Crippen LogP contribution in [-0.2, 0) is 16.6 Å². The summed E-state index contributed by atoms with van der Waals surface area (Å²) >= 11 is 11.5. The molecule has 0 unspecified atom stereocenters. The lowest BCUT2D eigenvalue weighted by atomic mass is 10.2. The predicted molar refractivity (Wildman–Crippen MR) is 91.0 cm³/mol. The van der Waals surface area contributed by atoms with E-state index in [0.717, 1.165) is 5.56 Å². The molecule has 1 aromatic carbocycles. The highest BCUT2D eigenvalue weighted by Gasteiger charge is 2.22. The number of pyridine rings is 1. The summed E-state index contributed by atoms with van der Waals surface area (Å²) in [5.41, 5.74) is 1.38. The highest BCUT2D eigenvalue weighted by molar-refractivity contribution is 7.92. The molecular formula is C15H16Cl2N2O2S. The third-order valence-electron chi connectivity index (χ3n) is 3.04. The van der Waals surface area contributed by atoms with Gasteiger partial charge in [-0.25, -0.2) is 8.42 Å². The van der Waals surface area contributed by atoms with Crippen molar-refractivity contribution in [2.75, 3.05) is 15.9 Å². The molecule has 118 valence electrons. The lowest BCUT2D eigenvalue weighted by Gasteiger charge is -2.24. The molecule has 0 saturated carbocycles. The molecule has 4 nitrogen and oxygen atoms in total. The van der Waals surface area contributed by atoms with Gasteiger partial charge in [-0.1, -0.05) is 17.7 Å². The minimum Gasteiger partial charge on any atom is -0.266 e. The summed E-state index contributed by atoms with van der Waals surface area (Å²) in [5, 5.41) is 0.559. The van der Waals surface area contributed by atoms with Crippen LogP contribution in [0.15, 0.2) is 48.8 Å². The zero-order valence-electron chi connectivity index (χ0n) is 11.8. The first-order chi connectivity index (χ1) is 10.5. The summed E-state index contributed by atoms with van der Waals surface area (Å²) < 4.78 is 26.6. The fourth-order valence-corrected chi connectivity index (χ4v) is 3.90. The molecule has 0 aliphatic carbocycles. The van der Waals surface area contributed by atoms with E-state index in [1.807, 2.05) is 6.07 Å². The Morgan fingerprint density at radius 1 is 1.14 bits per heavy atom. The van der Waals surface area contributed by atoms with Crippen molar-refractivity contribution in [3.63, 3.8) is 0 Å². The minimum absolute atomic E-state index is 0.000607. The largest absolute Gasteiger partial charge is 0.266 e. The maximum Gasteiger partial charge on any atom is 0.235 e. The van der Waals surface area contributed by atoms with Crippen molar-refractivity contribution in [2.24, 2.45) is 0 Å². The number of halogens is 2. The molecule has 0 spiro atoms. The van der Waals surface area contributed by atoms with Gasteiger partial charge in [0.2, 0.25) is 10.0 Å². The van der Waals surface area contributed by atoms with Gasteiger partial charge >= 0.3 is 0 Å². The number of benzene rings is 1. The molecule has 0 saturated heterocycles. The van der Waals surface area contributed by atoms with Gasteiger partial charge in [0.25, 0.3) is 0 Å². The van der Waals surface area contributed by atoms with Crippen LogP contribution in [0.1, 0.15) is 12.0 Å². The lowest BCUT2D eigenvalue weighted by Crippen LogP contribution is -2.32. The van der Waals surface area contributed by atoms with Crippen molar-refractivity contribution in [2.45, 2.75) is 13.0 Å². The molecule has 0 amide bonds. The van der Waals surface area contributed by atoms with Gasteiger partial charge in [-0.15, -0.1) is 11.6 Å². The average molecular weight is 359 g/mol. The van der Waals surface area contributed by atoms with E-state index < -0.39 is 10.0 Å². The van der Waals surface area contributed by atoms with E-state index >= 15 is 0 Å². The molecule has 0 N–H and O–H groups in total. The molecule has 7 heteroatoms. The zero-order valence-corrected chi connectivity index (χ0v) is 14.2. The quantitative estimate of drug-likeness (QED) is 0.709. The molecule has 0 aliphatic heterocycles. The van der Waals surface area contributed by atoms with E-state index in [-0.39, 0.29) is 12.3 Å². The van der Waals surface area contributed by atoms with Crippen molar-refractivity contribution in [3.05, 3.63) is 59.4 Å². The van der Waals surface area contributed by atoms with E-state index in [0.29, 0.717) is 23.0 Å². The van der Waals surface area contributed by atoms with Gasteiger partial charge in [0, 0.05) is 23.3 Å². The molecule has 2 aromatic rings. The number of sulfonamides is 1. The summed E-state index contributed by atoms with van der Waals surface area (Å²) in [6.45, 7) is 0.222. The molecule has 0 bridgehead atoms.